The summed E-state index contributed by atoms with van der Waals surface area (Å²) < 4.78 is 4.98. The molecule has 0 saturated carbocycles. The lowest BCUT2D eigenvalue weighted by Crippen LogP contribution is -2.49. The number of likely N-dealkylation sites (tertiary alicyclic amines) is 1. The molecule has 1 N–H and O–H groups in total. The quantitative estimate of drug-likeness (QED) is 0.481. The van der Waals surface area contributed by atoms with Crippen LogP contribution in [0.4, 0.5) is 11.5 Å². The van der Waals surface area contributed by atoms with Gasteiger partial charge in [-0.25, -0.2) is 9.78 Å². The summed E-state index contributed by atoms with van der Waals surface area (Å²) in [6, 6.07) is 12.8. The van der Waals surface area contributed by atoms with E-state index in [9.17, 15) is 14.9 Å². The molecule has 1 saturated heterocycles. The maximum Gasteiger partial charge on any atom is 0.332 e. The van der Waals surface area contributed by atoms with Crippen LogP contribution in [0.2, 0.25) is 0 Å². The van der Waals surface area contributed by atoms with Crippen LogP contribution in [0, 0.1) is 10.1 Å². The Balaban J connectivity index is 1.83. The van der Waals surface area contributed by atoms with Gasteiger partial charge in [0.1, 0.15) is 0 Å². The molecule has 136 valence electrons. The minimum Gasteiger partial charge on any atom is -0.467 e. The van der Waals surface area contributed by atoms with Crippen molar-refractivity contribution in [2.45, 2.75) is 18.5 Å². The Morgan fingerprint density at radius 2 is 2.12 bits per heavy atom. The van der Waals surface area contributed by atoms with Crippen molar-refractivity contribution in [2.75, 3.05) is 25.5 Å². The standard InChI is InChI=1S/C18H20N4O4/c1-26-17(23)18(20-16-15(22(24)25)8-5-10-19-16)9-11-21(13-18)12-14-6-3-2-4-7-14/h2-8,10H,9,11-13H2,1H3,(H,19,20). The highest BCUT2D eigenvalue weighted by Crippen LogP contribution is 2.31. The van der Waals surface area contributed by atoms with E-state index in [1.54, 1.807) is 0 Å². The van der Waals surface area contributed by atoms with E-state index in [4.69, 9.17) is 4.74 Å². The SMILES string of the molecule is COC(=O)C1(Nc2ncccc2[N+](=O)[O-])CCN(Cc2ccccc2)C1. The van der Waals surface area contributed by atoms with E-state index in [2.05, 4.69) is 15.2 Å². The van der Waals surface area contributed by atoms with Crippen LogP contribution in [-0.4, -0.2) is 46.5 Å². The van der Waals surface area contributed by atoms with Gasteiger partial charge in [-0.2, -0.15) is 0 Å². The summed E-state index contributed by atoms with van der Waals surface area (Å²) >= 11 is 0. The molecule has 1 aromatic heterocycles. The number of hydrogen-bond acceptors (Lipinski definition) is 7. The Morgan fingerprint density at radius 3 is 2.81 bits per heavy atom. The van der Waals surface area contributed by atoms with Gasteiger partial charge in [-0.15, -0.1) is 0 Å². The highest BCUT2D eigenvalue weighted by atomic mass is 16.6. The summed E-state index contributed by atoms with van der Waals surface area (Å²) in [6.45, 7) is 1.73. The average molecular weight is 356 g/mol. The second-order valence-electron chi connectivity index (χ2n) is 6.27. The molecule has 26 heavy (non-hydrogen) atoms. The lowest BCUT2D eigenvalue weighted by Gasteiger charge is -2.28. The fourth-order valence-electron chi connectivity index (χ4n) is 3.25. The van der Waals surface area contributed by atoms with E-state index in [1.165, 1.54) is 25.4 Å². The number of methoxy groups -OCH3 is 1. The van der Waals surface area contributed by atoms with Crippen LogP contribution in [0.15, 0.2) is 48.7 Å². The molecule has 1 aliphatic rings. The Labute approximate surface area is 150 Å². The Bertz CT molecular complexity index is 799. The molecule has 1 fully saturated rings. The van der Waals surface area contributed by atoms with Crippen molar-refractivity contribution in [2.24, 2.45) is 0 Å². The van der Waals surface area contributed by atoms with Crippen molar-refractivity contribution in [1.29, 1.82) is 0 Å². The maximum atomic E-state index is 12.5. The first-order chi connectivity index (χ1) is 12.5. The number of nitrogens with one attached hydrogen (secondary N) is 1. The smallest absolute Gasteiger partial charge is 0.332 e. The van der Waals surface area contributed by atoms with Crippen LogP contribution in [0.1, 0.15) is 12.0 Å². The average Bonchev–Trinajstić information content (AvgIpc) is 3.06. The van der Waals surface area contributed by atoms with Crippen molar-refractivity contribution < 1.29 is 14.5 Å². The van der Waals surface area contributed by atoms with E-state index in [1.807, 2.05) is 30.3 Å². The van der Waals surface area contributed by atoms with Crippen LogP contribution in [0.25, 0.3) is 0 Å². The number of carbonyl (C=O) groups excluding carboxylic acids is 1. The first-order valence-corrected chi connectivity index (χ1v) is 8.26. The maximum absolute atomic E-state index is 12.5. The summed E-state index contributed by atoms with van der Waals surface area (Å²) in [4.78, 5) is 29.4. The zero-order chi connectivity index (χ0) is 18.6. The van der Waals surface area contributed by atoms with Gasteiger partial charge in [-0.1, -0.05) is 30.3 Å². The summed E-state index contributed by atoms with van der Waals surface area (Å²) in [6.07, 6.45) is 1.93. The molecule has 1 unspecified atom stereocenters. The van der Waals surface area contributed by atoms with E-state index < -0.39 is 16.4 Å². The Kier molecular flexibility index (Phi) is 5.13. The Hall–Kier alpha value is -3.00. The number of anilines is 1. The minimum absolute atomic E-state index is 0.0736. The third kappa shape index (κ3) is 3.65. The van der Waals surface area contributed by atoms with Gasteiger partial charge in [0.25, 0.3) is 0 Å². The third-order valence-corrected chi connectivity index (χ3v) is 4.51. The van der Waals surface area contributed by atoms with Gasteiger partial charge in [-0.3, -0.25) is 15.0 Å². The molecule has 0 radical (unpaired) electrons. The summed E-state index contributed by atoms with van der Waals surface area (Å²) in [7, 11) is 1.32. The molecule has 2 aromatic rings. The van der Waals surface area contributed by atoms with Crippen molar-refractivity contribution in [3.8, 4) is 0 Å². The molecular formula is C18H20N4O4. The molecule has 0 bridgehead atoms. The van der Waals surface area contributed by atoms with Gasteiger partial charge >= 0.3 is 11.7 Å². The zero-order valence-corrected chi connectivity index (χ0v) is 14.4. The fraction of sp³-hybridized carbons (Fsp3) is 0.333. The molecule has 8 nitrogen and oxygen atoms in total. The third-order valence-electron chi connectivity index (χ3n) is 4.51. The summed E-state index contributed by atoms with van der Waals surface area (Å²) in [5.74, 6) is -0.377. The highest BCUT2D eigenvalue weighted by molar-refractivity contribution is 5.86. The number of pyridine rings is 1. The normalized spacial score (nSPS) is 19.9. The summed E-state index contributed by atoms with van der Waals surface area (Å²) in [5.41, 5.74) is -0.0999. The first kappa shape index (κ1) is 17.8. The number of benzene rings is 1. The van der Waals surface area contributed by atoms with Crippen LogP contribution in [0.5, 0.6) is 0 Å². The van der Waals surface area contributed by atoms with Crippen molar-refractivity contribution in [3.63, 3.8) is 0 Å². The van der Waals surface area contributed by atoms with Gasteiger partial charge in [0.05, 0.1) is 12.0 Å². The van der Waals surface area contributed by atoms with Crippen LogP contribution in [0.3, 0.4) is 0 Å². The van der Waals surface area contributed by atoms with E-state index in [-0.39, 0.29) is 11.5 Å². The monoisotopic (exact) mass is 356 g/mol. The summed E-state index contributed by atoms with van der Waals surface area (Å²) in [5, 5.41) is 14.2. The molecule has 0 amide bonds. The highest BCUT2D eigenvalue weighted by Gasteiger charge is 2.47. The van der Waals surface area contributed by atoms with Crippen molar-refractivity contribution in [1.82, 2.24) is 9.88 Å². The van der Waals surface area contributed by atoms with Crippen LogP contribution in [-0.2, 0) is 16.1 Å². The minimum atomic E-state index is -1.07. The number of esters is 1. The topological polar surface area (TPSA) is 97.6 Å². The van der Waals surface area contributed by atoms with Gasteiger partial charge < -0.3 is 10.1 Å². The molecule has 1 aliphatic heterocycles. The number of hydrogen-bond donors (Lipinski definition) is 1. The second kappa shape index (κ2) is 7.49. The van der Waals surface area contributed by atoms with Crippen molar-refractivity contribution in [3.05, 3.63) is 64.3 Å². The number of nitrogens with zero attached hydrogens (tertiary/aromatic N) is 3. The number of ether oxygens (including phenoxy) is 1. The molecule has 0 aliphatic carbocycles. The van der Waals surface area contributed by atoms with Crippen LogP contribution >= 0.6 is 0 Å². The van der Waals surface area contributed by atoms with Crippen molar-refractivity contribution >= 4 is 17.5 Å². The predicted molar refractivity (Wildman–Crippen MR) is 95.6 cm³/mol. The van der Waals surface area contributed by atoms with Gasteiger partial charge in [0, 0.05) is 31.9 Å². The second-order valence-corrected chi connectivity index (χ2v) is 6.27. The first-order valence-electron chi connectivity index (χ1n) is 8.26. The molecule has 3 rings (SSSR count). The number of aromatic nitrogens is 1. The molecular weight excluding hydrogens is 336 g/mol. The number of rotatable bonds is 6. The van der Waals surface area contributed by atoms with Gasteiger partial charge in [-0.05, 0) is 18.1 Å². The fourth-order valence-corrected chi connectivity index (χ4v) is 3.25. The predicted octanol–water partition coefficient (Wildman–Crippen LogP) is 2.22. The Morgan fingerprint density at radius 1 is 1.35 bits per heavy atom. The lowest BCUT2D eigenvalue weighted by molar-refractivity contribution is -0.384. The van der Waals surface area contributed by atoms with E-state index >= 15 is 0 Å². The molecule has 0 spiro atoms. The molecule has 1 aromatic carbocycles. The lowest BCUT2D eigenvalue weighted by atomic mass is 9.98. The molecule has 2 heterocycles. The largest absolute Gasteiger partial charge is 0.467 e. The van der Waals surface area contributed by atoms with Gasteiger partial charge in [0.2, 0.25) is 5.82 Å². The number of nitro groups is 1. The molecule has 8 heteroatoms. The zero-order valence-electron chi connectivity index (χ0n) is 14.4. The molecule has 1 atom stereocenters. The van der Waals surface area contributed by atoms with E-state index in [0.29, 0.717) is 26.1 Å². The van der Waals surface area contributed by atoms with Crippen LogP contribution < -0.4 is 5.32 Å². The van der Waals surface area contributed by atoms with E-state index in [0.717, 1.165) is 5.56 Å². The van der Waals surface area contributed by atoms with Gasteiger partial charge in [0.15, 0.2) is 5.54 Å². The number of carbonyl (C=O) groups is 1.